The molecule has 0 amide bonds. The minimum Gasteiger partial charge on any atom is -0.0885 e. The highest BCUT2D eigenvalue weighted by atomic mass is 13.9. The van der Waals surface area contributed by atoms with E-state index in [1.165, 1.54) is 64.2 Å². The normalized spacial score (nSPS) is 11.9. The first-order valence-corrected chi connectivity index (χ1v) is 7.01. The molecule has 0 aliphatic carbocycles. The second-order valence-corrected chi connectivity index (χ2v) is 4.43. The molecule has 0 bridgehead atoms. The van der Waals surface area contributed by atoms with Crippen molar-refractivity contribution in [1.29, 1.82) is 0 Å². The molecule has 0 saturated heterocycles. The van der Waals surface area contributed by atoms with Crippen LogP contribution in [-0.2, 0) is 0 Å². The molecule has 0 nitrogen and oxygen atoms in total. The lowest BCUT2D eigenvalue weighted by molar-refractivity contribution is 0.611. The maximum absolute atomic E-state index is 3.68. The summed E-state index contributed by atoms with van der Waals surface area (Å²) in [6.07, 6.45) is 22.1. The quantitative estimate of drug-likeness (QED) is 0.303. The molecule has 0 heterocycles. The van der Waals surface area contributed by atoms with Gasteiger partial charge in [-0.15, -0.1) is 0 Å². The molecule has 0 aromatic rings. The summed E-state index contributed by atoms with van der Waals surface area (Å²) in [4.78, 5) is 0. The van der Waals surface area contributed by atoms with Gasteiger partial charge in [0.25, 0.3) is 0 Å². The molecule has 0 spiro atoms. The third-order valence-corrected chi connectivity index (χ3v) is 2.80. The first kappa shape index (κ1) is 15.5. The number of hydrogen-bond acceptors (Lipinski definition) is 0. The summed E-state index contributed by atoms with van der Waals surface area (Å²) in [6, 6.07) is 0. The Kier molecular flexibility index (Phi) is 14.0. The second-order valence-electron chi connectivity index (χ2n) is 4.43. The molecule has 1 radical (unpaired) electrons. The van der Waals surface area contributed by atoms with Crippen molar-refractivity contribution in [2.45, 2.75) is 71.1 Å². The topological polar surface area (TPSA) is 0 Å². The minimum absolute atomic E-state index is 1.17. The molecule has 0 atom stereocenters. The molecule has 0 N–H and O–H groups in total. The van der Waals surface area contributed by atoms with Gasteiger partial charge in [-0.3, -0.25) is 0 Å². The van der Waals surface area contributed by atoms with Gasteiger partial charge in [0.15, 0.2) is 0 Å². The van der Waals surface area contributed by atoms with Gasteiger partial charge in [0.05, 0.1) is 0 Å². The van der Waals surface area contributed by atoms with E-state index in [9.17, 15) is 0 Å². The van der Waals surface area contributed by atoms with E-state index in [1.807, 2.05) is 6.08 Å². The summed E-state index contributed by atoms with van der Waals surface area (Å²) in [5.41, 5.74) is 0. The van der Waals surface area contributed by atoms with Gasteiger partial charge in [-0.25, -0.2) is 0 Å². The summed E-state index contributed by atoms with van der Waals surface area (Å²) in [6.45, 7) is 5.95. The standard InChI is InChI=1S/C16H29/c1-3-5-7-9-11-13-15-16-14-12-10-8-6-4-2/h3,5,13,15H,1,4,6-12,14,16H2,2H3. The highest BCUT2D eigenvalue weighted by molar-refractivity contribution is 4.86. The maximum Gasteiger partial charge on any atom is -0.0316 e. The molecule has 0 saturated carbocycles. The number of unbranched alkanes of at least 4 members (excludes halogenated alkanes) is 8. The van der Waals surface area contributed by atoms with Crippen LogP contribution in [0.4, 0.5) is 0 Å². The zero-order chi connectivity index (χ0) is 11.9. The molecule has 0 heteroatoms. The van der Waals surface area contributed by atoms with Crippen LogP contribution in [0.2, 0.25) is 0 Å². The molecule has 0 fully saturated rings. The lowest BCUT2D eigenvalue weighted by atomic mass is 10.1. The molecule has 0 aliphatic heterocycles. The van der Waals surface area contributed by atoms with Crippen LogP contribution in [0, 0.1) is 6.92 Å². The summed E-state index contributed by atoms with van der Waals surface area (Å²) in [7, 11) is 0. The summed E-state index contributed by atoms with van der Waals surface area (Å²) in [5, 5.41) is 0. The van der Waals surface area contributed by atoms with Crippen LogP contribution in [0.5, 0.6) is 0 Å². The van der Waals surface area contributed by atoms with E-state index in [1.54, 1.807) is 0 Å². The SMILES string of the molecule is [CH2]C=CCCCC=CCCCCCCCC. The lowest BCUT2D eigenvalue weighted by Gasteiger charge is -1.97. The van der Waals surface area contributed by atoms with Crippen LogP contribution in [0.1, 0.15) is 71.1 Å². The van der Waals surface area contributed by atoms with Gasteiger partial charge in [-0.05, 0) is 39.0 Å². The van der Waals surface area contributed by atoms with E-state index >= 15 is 0 Å². The predicted molar refractivity (Wildman–Crippen MR) is 75.5 cm³/mol. The van der Waals surface area contributed by atoms with Gasteiger partial charge in [-0.2, -0.15) is 0 Å². The van der Waals surface area contributed by atoms with Gasteiger partial charge >= 0.3 is 0 Å². The fourth-order valence-electron chi connectivity index (χ4n) is 1.75. The van der Waals surface area contributed by atoms with E-state index in [0.717, 1.165) is 0 Å². The van der Waals surface area contributed by atoms with Gasteiger partial charge in [0.2, 0.25) is 0 Å². The van der Waals surface area contributed by atoms with Crippen molar-refractivity contribution in [2.75, 3.05) is 0 Å². The van der Waals surface area contributed by atoms with Crippen molar-refractivity contribution < 1.29 is 0 Å². The van der Waals surface area contributed by atoms with E-state index in [4.69, 9.17) is 0 Å². The van der Waals surface area contributed by atoms with Gasteiger partial charge in [-0.1, -0.05) is 63.3 Å². The Balaban J connectivity index is 3.03. The van der Waals surface area contributed by atoms with Crippen LogP contribution >= 0.6 is 0 Å². The first-order valence-electron chi connectivity index (χ1n) is 7.01. The Labute approximate surface area is 103 Å². The Hall–Kier alpha value is -0.520. The first-order chi connectivity index (χ1) is 7.91. The highest BCUT2D eigenvalue weighted by Gasteiger charge is 1.87. The fraction of sp³-hybridized carbons (Fsp3) is 0.688. The van der Waals surface area contributed by atoms with Crippen molar-refractivity contribution in [3.05, 3.63) is 31.2 Å². The van der Waals surface area contributed by atoms with E-state index < -0.39 is 0 Å². The van der Waals surface area contributed by atoms with Crippen LogP contribution in [0.25, 0.3) is 0 Å². The lowest BCUT2D eigenvalue weighted by Crippen LogP contribution is -1.77. The van der Waals surface area contributed by atoms with Crippen molar-refractivity contribution >= 4 is 0 Å². The molecule has 93 valence electrons. The maximum atomic E-state index is 3.68. The number of rotatable bonds is 11. The molecular formula is C16H29. The molecule has 0 rings (SSSR count). The Morgan fingerprint density at radius 1 is 0.688 bits per heavy atom. The fourth-order valence-corrected chi connectivity index (χ4v) is 1.75. The van der Waals surface area contributed by atoms with Crippen molar-refractivity contribution in [3.8, 4) is 0 Å². The van der Waals surface area contributed by atoms with Gasteiger partial charge in [0.1, 0.15) is 0 Å². The zero-order valence-corrected chi connectivity index (χ0v) is 11.1. The van der Waals surface area contributed by atoms with Crippen LogP contribution < -0.4 is 0 Å². The van der Waals surface area contributed by atoms with Crippen LogP contribution in [0.15, 0.2) is 24.3 Å². The van der Waals surface area contributed by atoms with Gasteiger partial charge < -0.3 is 0 Å². The third kappa shape index (κ3) is 13.5. The Bertz CT molecular complexity index is 165. The summed E-state index contributed by atoms with van der Waals surface area (Å²) in [5.74, 6) is 0. The second kappa shape index (κ2) is 14.5. The minimum atomic E-state index is 1.17. The molecule has 0 aromatic carbocycles. The highest BCUT2D eigenvalue weighted by Crippen LogP contribution is 2.07. The van der Waals surface area contributed by atoms with E-state index in [0.29, 0.717) is 0 Å². The van der Waals surface area contributed by atoms with Crippen LogP contribution in [-0.4, -0.2) is 0 Å². The van der Waals surface area contributed by atoms with E-state index in [2.05, 4.69) is 32.1 Å². The Morgan fingerprint density at radius 2 is 1.25 bits per heavy atom. The molecule has 0 aromatic heterocycles. The molecule has 0 aliphatic rings. The predicted octanol–water partition coefficient (Wildman–Crippen LogP) is 5.85. The third-order valence-electron chi connectivity index (χ3n) is 2.80. The zero-order valence-electron chi connectivity index (χ0n) is 11.1. The summed E-state index contributed by atoms with van der Waals surface area (Å²) < 4.78 is 0. The van der Waals surface area contributed by atoms with Crippen molar-refractivity contribution in [1.82, 2.24) is 0 Å². The molecular weight excluding hydrogens is 192 g/mol. The average Bonchev–Trinajstić information content (AvgIpc) is 2.31. The van der Waals surface area contributed by atoms with Gasteiger partial charge in [0, 0.05) is 0 Å². The summed E-state index contributed by atoms with van der Waals surface area (Å²) >= 11 is 0. The smallest absolute Gasteiger partial charge is 0.0316 e. The largest absolute Gasteiger partial charge is 0.0885 e. The average molecular weight is 221 g/mol. The molecule has 16 heavy (non-hydrogen) atoms. The Morgan fingerprint density at radius 3 is 1.94 bits per heavy atom. The monoisotopic (exact) mass is 221 g/mol. The number of hydrogen-bond donors (Lipinski definition) is 0. The van der Waals surface area contributed by atoms with Crippen LogP contribution in [0.3, 0.4) is 0 Å². The number of allylic oxidation sites excluding steroid dienone is 4. The van der Waals surface area contributed by atoms with E-state index in [-0.39, 0.29) is 0 Å². The van der Waals surface area contributed by atoms with Crippen molar-refractivity contribution in [2.24, 2.45) is 0 Å². The molecule has 0 unspecified atom stereocenters. The van der Waals surface area contributed by atoms with Crippen molar-refractivity contribution in [3.63, 3.8) is 0 Å².